The number of rotatable bonds is 8. The Morgan fingerprint density at radius 1 is 0.893 bits per heavy atom. The number of carbonyl (C=O) groups excluding carboxylic acids is 1. The quantitative estimate of drug-likeness (QED) is 0.306. The largest absolute Gasteiger partial charge is 0.417 e. The lowest BCUT2D eigenvalue weighted by atomic mass is 9.98. The fraction of sp³-hybridized carbons (Fsp3) is 0.348. The second-order valence-corrected chi connectivity index (χ2v) is 7.04. The standard InChI is InChI=1S/C23H24F3NO/c1-2-3-4-5-10-15-27-16-19(17-11-7-9-14-21(17)27)22(28)18-12-6-8-13-20(18)23(24,25)26/h6-9,11-14,16H,2-5,10,15H2,1H3. The molecule has 148 valence electrons. The average molecular weight is 387 g/mol. The normalized spacial score (nSPS) is 11.9. The number of hydrogen-bond donors (Lipinski definition) is 0. The van der Waals surface area contributed by atoms with Crippen LogP contribution in [0.15, 0.2) is 54.7 Å². The van der Waals surface area contributed by atoms with E-state index in [1.54, 1.807) is 18.3 Å². The molecule has 0 spiro atoms. The molecule has 0 aliphatic heterocycles. The number of para-hydroxylation sites is 1. The molecular weight excluding hydrogens is 363 g/mol. The second kappa shape index (κ2) is 8.63. The molecule has 3 rings (SSSR count). The molecule has 0 bridgehead atoms. The lowest BCUT2D eigenvalue weighted by Gasteiger charge is -2.11. The molecule has 0 fully saturated rings. The van der Waals surface area contributed by atoms with Gasteiger partial charge >= 0.3 is 6.18 Å². The topological polar surface area (TPSA) is 22.0 Å². The van der Waals surface area contributed by atoms with Crippen molar-refractivity contribution in [2.45, 2.75) is 51.7 Å². The van der Waals surface area contributed by atoms with Crippen molar-refractivity contribution in [3.8, 4) is 0 Å². The van der Waals surface area contributed by atoms with Crippen molar-refractivity contribution in [1.29, 1.82) is 0 Å². The van der Waals surface area contributed by atoms with Gasteiger partial charge in [-0.05, 0) is 18.6 Å². The van der Waals surface area contributed by atoms with Crippen LogP contribution in [-0.4, -0.2) is 10.4 Å². The number of hydrogen-bond acceptors (Lipinski definition) is 1. The summed E-state index contributed by atoms with van der Waals surface area (Å²) in [6, 6.07) is 12.4. The number of unbranched alkanes of at least 4 members (excludes halogenated alkanes) is 4. The summed E-state index contributed by atoms with van der Waals surface area (Å²) in [5.74, 6) is -0.589. The van der Waals surface area contributed by atoms with Crippen LogP contribution in [0.3, 0.4) is 0 Å². The molecule has 0 N–H and O–H groups in total. The van der Waals surface area contributed by atoms with E-state index in [2.05, 4.69) is 6.92 Å². The Morgan fingerprint density at radius 3 is 2.32 bits per heavy atom. The molecule has 0 aliphatic rings. The first kappa shape index (κ1) is 20.2. The van der Waals surface area contributed by atoms with Gasteiger partial charge in [0.1, 0.15) is 0 Å². The maximum atomic E-state index is 13.4. The van der Waals surface area contributed by atoms with Gasteiger partial charge in [0, 0.05) is 34.8 Å². The molecule has 3 aromatic rings. The minimum atomic E-state index is -4.57. The van der Waals surface area contributed by atoms with Gasteiger partial charge in [0.2, 0.25) is 0 Å². The summed E-state index contributed by atoms with van der Waals surface area (Å²) in [6.07, 6.45) is 2.75. The van der Waals surface area contributed by atoms with E-state index in [1.807, 2.05) is 16.7 Å². The number of aromatic nitrogens is 1. The van der Waals surface area contributed by atoms with Gasteiger partial charge < -0.3 is 4.57 Å². The summed E-state index contributed by atoms with van der Waals surface area (Å²) < 4.78 is 42.1. The van der Waals surface area contributed by atoms with Crippen LogP contribution in [0.4, 0.5) is 13.2 Å². The molecule has 0 saturated heterocycles. The van der Waals surface area contributed by atoms with Gasteiger partial charge in [0.25, 0.3) is 0 Å². The second-order valence-electron chi connectivity index (χ2n) is 7.04. The van der Waals surface area contributed by atoms with Crippen molar-refractivity contribution in [3.05, 3.63) is 71.4 Å². The van der Waals surface area contributed by atoms with E-state index in [0.717, 1.165) is 31.0 Å². The number of ketones is 1. The fourth-order valence-corrected chi connectivity index (χ4v) is 3.57. The Bertz CT molecular complexity index is 956. The molecule has 0 radical (unpaired) electrons. The first-order valence-corrected chi connectivity index (χ1v) is 9.72. The third-order valence-electron chi connectivity index (χ3n) is 5.01. The van der Waals surface area contributed by atoms with Crippen molar-refractivity contribution in [3.63, 3.8) is 0 Å². The zero-order valence-corrected chi connectivity index (χ0v) is 15.9. The summed E-state index contributed by atoms with van der Waals surface area (Å²) in [7, 11) is 0. The summed E-state index contributed by atoms with van der Waals surface area (Å²) in [5.41, 5.74) is 0.00364. The molecule has 5 heteroatoms. The molecule has 0 amide bonds. The van der Waals surface area contributed by atoms with E-state index < -0.39 is 17.5 Å². The number of carbonyl (C=O) groups is 1. The number of benzene rings is 2. The molecule has 2 aromatic carbocycles. The summed E-state index contributed by atoms with van der Waals surface area (Å²) in [5, 5.41) is 0.693. The van der Waals surface area contributed by atoms with Gasteiger partial charge in [-0.3, -0.25) is 4.79 Å². The van der Waals surface area contributed by atoms with Gasteiger partial charge in [0.05, 0.1) is 5.56 Å². The van der Waals surface area contributed by atoms with Gasteiger partial charge in [-0.1, -0.05) is 69.0 Å². The highest BCUT2D eigenvalue weighted by atomic mass is 19.4. The van der Waals surface area contributed by atoms with E-state index in [1.165, 1.54) is 37.5 Å². The summed E-state index contributed by atoms with van der Waals surface area (Å²) >= 11 is 0. The van der Waals surface area contributed by atoms with E-state index in [4.69, 9.17) is 0 Å². The summed E-state index contributed by atoms with van der Waals surface area (Å²) in [6.45, 7) is 2.91. The predicted octanol–water partition coefficient (Wildman–Crippen LogP) is 6.86. The van der Waals surface area contributed by atoms with E-state index in [9.17, 15) is 18.0 Å². The molecule has 0 aliphatic carbocycles. The fourth-order valence-electron chi connectivity index (χ4n) is 3.57. The van der Waals surface area contributed by atoms with E-state index in [0.29, 0.717) is 10.9 Å². The van der Waals surface area contributed by atoms with Crippen molar-refractivity contribution in [1.82, 2.24) is 4.57 Å². The van der Waals surface area contributed by atoms with Crippen LogP contribution in [0.1, 0.15) is 60.5 Å². The number of halogens is 3. The van der Waals surface area contributed by atoms with E-state index >= 15 is 0 Å². The molecule has 1 heterocycles. The minimum Gasteiger partial charge on any atom is -0.347 e. The molecule has 2 nitrogen and oxygen atoms in total. The zero-order valence-electron chi connectivity index (χ0n) is 15.9. The Morgan fingerprint density at radius 2 is 1.57 bits per heavy atom. The highest BCUT2D eigenvalue weighted by Crippen LogP contribution is 2.34. The lowest BCUT2D eigenvalue weighted by Crippen LogP contribution is -2.13. The number of fused-ring (bicyclic) bond motifs is 1. The summed E-state index contributed by atoms with van der Waals surface area (Å²) in [4.78, 5) is 13.0. The number of aryl methyl sites for hydroxylation is 1. The maximum Gasteiger partial charge on any atom is 0.417 e. The SMILES string of the molecule is CCCCCCCn1cc(C(=O)c2ccccc2C(F)(F)F)c2ccccc21. The van der Waals surface area contributed by atoms with Crippen molar-refractivity contribution in [2.24, 2.45) is 0 Å². The van der Waals surface area contributed by atoms with Crippen LogP contribution in [0.5, 0.6) is 0 Å². The Balaban J connectivity index is 1.95. The maximum absolute atomic E-state index is 13.4. The zero-order chi connectivity index (χ0) is 20.1. The van der Waals surface area contributed by atoms with Crippen LogP contribution in [0.2, 0.25) is 0 Å². The highest BCUT2D eigenvalue weighted by Gasteiger charge is 2.35. The smallest absolute Gasteiger partial charge is 0.347 e. The Labute approximate surface area is 163 Å². The van der Waals surface area contributed by atoms with Crippen LogP contribution in [0.25, 0.3) is 10.9 Å². The molecule has 0 unspecified atom stereocenters. The molecule has 28 heavy (non-hydrogen) atoms. The third kappa shape index (κ3) is 4.29. The van der Waals surface area contributed by atoms with Gasteiger partial charge in [-0.25, -0.2) is 0 Å². The van der Waals surface area contributed by atoms with Crippen molar-refractivity contribution < 1.29 is 18.0 Å². The number of alkyl halides is 3. The third-order valence-corrected chi connectivity index (χ3v) is 5.01. The monoisotopic (exact) mass is 387 g/mol. The molecular formula is C23H24F3NO. The molecule has 0 atom stereocenters. The first-order valence-electron chi connectivity index (χ1n) is 9.72. The van der Waals surface area contributed by atoms with Crippen LogP contribution in [0, 0.1) is 0 Å². The van der Waals surface area contributed by atoms with Crippen molar-refractivity contribution in [2.75, 3.05) is 0 Å². The Hall–Kier alpha value is -2.56. The van der Waals surface area contributed by atoms with Gasteiger partial charge in [0.15, 0.2) is 5.78 Å². The van der Waals surface area contributed by atoms with Crippen molar-refractivity contribution >= 4 is 16.7 Å². The molecule has 0 saturated carbocycles. The van der Waals surface area contributed by atoms with Gasteiger partial charge in [-0.2, -0.15) is 13.2 Å². The van der Waals surface area contributed by atoms with Crippen LogP contribution in [-0.2, 0) is 12.7 Å². The van der Waals surface area contributed by atoms with Crippen LogP contribution >= 0.6 is 0 Å². The van der Waals surface area contributed by atoms with E-state index in [-0.39, 0.29) is 5.56 Å². The predicted molar refractivity (Wildman–Crippen MR) is 106 cm³/mol. The van der Waals surface area contributed by atoms with Crippen LogP contribution < -0.4 is 0 Å². The number of nitrogens with zero attached hydrogens (tertiary/aromatic N) is 1. The molecule has 1 aromatic heterocycles. The highest BCUT2D eigenvalue weighted by molar-refractivity contribution is 6.17. The lowest BCUT2D eigenvalue weighted by molar-refractivity contribution is -0.137. The average Bonchev–Trinajstić information content (AvgIpc) is 3.05. The Kier molecular flexibility index (Phi) is 6.22. The first-order chi connectivity index (χ1) is 13.4. The minimum absolute atomic E-state index is 0.305. The van der Waals surface area contributed by atoms with Gasteiger partial charge in [-0.15, -0.1) is 0 Å².